The van der Waals surface area contributed by atoms with Gasteiger partial charge >= 0.3 is 0 Å². The van der Waals surface area contributed by atoms with Gasteiger partial charge in [-0.15, -0.1) is 0 Å². The lowest BCUT2D eigenvalue weighted by Gasteiger charge is -2.46. The fourth-order valence-electron chi connectivity index (χ4n) is 1.59. The van der Waals surface area contributed by atoms with E-state index >= 15 is 0 Å². The molecule has 1 fully saturated rings. The van der Waals surface area contributed by atoms with Crippen molar-refractivity contribution in [3.05, 3.63) is 0 Å². The summed E-state index contributed by atoms with van der Waals surface area (Å²) in [4.78, 5) is 0. The van der Waals surface area contributed by atoms with Crippen LogP contribution >= 0.6 is 0 Å². The molecule has 0 aliphatic heterocycles. The molecule has 54 valence electrons. The summed E-state index contributed by atoms with van der Waals surface area (Å²) in [5, 5.41) is 9.76. The lowest BCUT2D eigenvalue weighted by atomic mass is 9.65. The zero-order valence-corrected chi connectivity index (χ0v) is 6.52. The molecular weight excluding hydrogens is 112 g/mol. The molecule has 0 aromatic heterocycles. The summed E-state index contributed by atoms with van der Waals surface area (Å²) in [6.07, 6.45) is 2.21. The van der Waals surface area contributed by atoms with Gasteiger partial charge in [0.05, 0.1) is 5.60 Å². The van der Waals surface area contributed by atoms with Gasteiger partial charge in [0.25, 0.3) is 0 Å². The highest BCUT2D eigenvalue weighted by Gasteiger charge is 2.44. The SMILES string of the molecule is CC(C)C1(O)CCC1C. The molecule has 1 aliphatic rings. The Morgan fingerprint density at radius 1 is 1.56 bits per heavy atom. The summed E-state index contributed by atoms with van der Waals surface area (Å²) >= 11 is 0. The van der Waals surface area contributed by atoms with E-state index in [-0.39, 0.29) is 5.60 Å². The summed E-state index contributed by atoms with van der Waals surface area (Å²) in [6.45, 7) is 6.31. The molecule has 1 rings (SSSR count). The molecule has 0 aromatic carbocycles. The summed E-state index contributed by atoms with van der Waals surface area (Å²) in [5.74, 6) is 0.957. The molecule has 2 atom stereocenters. The first kappa shape index (κ1) is 7.07. The van der Waals surface area contributed by atoms with E-state index < -0.39 is 0 Å². The predicted octanol–water partition coefficient (Wildman–Crippen LogP) is 1.80. The van der Waals surface area contributed by atoms with Gasteiger partial charge in [-0.1, -0.05) is 20.8 Å². The van der Waals surface area contributed by atoms with Crippen molar-refractivity contribution < 1.29 is 5.11 Å². The highest BCUT2D eigenvalue weighted by molar-refractivity contribution is 4.95. The topological polar surface area (TPSA) is 20.2 Å². The Morgan fingerprint density at radius 2 is 2.11 bits per heavy atom. The second-order valence-electron chi connectivity index (χ2n) is 3.59. The average molecular weight is 128 g/mol. The molecule has 0 amide bonds. The van der Waals surface area contributed by atoms with Crippen LogP contribution in [0.3, 0.4) is 0 Å². The monoisotopic (exact) mass is 128 g/mol. The van der Waals surface area contributed by atoms with Crippen LogP contribution in [0.5, 0.6) is 0 Å². The zero-order valence-electron chi connectivity index (χ0n) is 6.52. The Labute approximate surface area is 57.1 Å². The van der Waals surface area contributed by atoms with E-state index in [4.69, 9.17) is 0 Å². The maximum absolute atomic E-state index is 9.76. The molecule has 0 bridgehead atoms. The molecular formula is C8H16O. The van der Waals surface area contributed by atoms with Gasteiger partial charge in [-0.25, -0.2) is 0 Å². The van der Waals surface area contributed by atoms with Crippen molar-refractivity contribution in [3.8, 4) is 0 Å². The number of hydrogen-bond donors (Lipinski definition) is 1. The van der Waals surface area contributed by atoms with Crippen LogP contribution in [-0.2, 0) is 0 Å². The number of aliphatic hydroxyl groups is 1. The van der Waals surface area contributed by atoms with E-state index in [9.17, 15) is 5.11 Å². The molecule has 0 aromatic rings. The van der Waals surface area contributed by atoms with E-state index in [0.717, 1.165) is 6.42 Å². The number of rotatable bonds is 1. The van der Waals surface area contributed by atoms with Gasteiger partial charge in [0.1, 0.15) is 0 Å². The third-order valence-corrected chi connectivity index (χ3v) is 2.83. The second kappa shape index (κ2) is 1.98. The quantitative estimate of drug-likeness (QED) is 0.571. The van der Waals surface area contributed by atoms with Crippen molar-refractivity contribution in [3.63, 3.8) is 0 Å². The first-order chi connectivity index (χ1) is 4.07. The molecule has 2 unspecified atom stereocenters. The van der Waals surface area contributed by atoms with Crippen LogP contribution in [0.1, 0.15) is 33.6 Å². The Bertz CT molecular complexity index is 102. The van der Waals surface area contributed by atoms with Gasteiger partial charge in [-0.05, 0) is 24.7 Å². The minimum absolute atomic E-state index is 0.319. The van der Waals surface area contributed by atoms with Crippen LogP contribution in [-0.4, -0.2) is 10.7 Å². The van der Waals surface area contributed by atoms with Crippen LogP contribution in [0.15, 0.2) is 0 Å². The first-order valence-electron chi connectivity index (χ1n) is 3.79. The third-order valence-electron chi connectivity index (χ3n) is 2.83. The van der Waals surface area contributed by atoms with E-state index in [2.05, 4.69) is 20.8 Å². The maximum atomic E-state index is 9.76. The fourth-order valence-corrected chi connectivity index (χ4v) is 1.59. The van der Waals surface area contributed by atoms with E-state index in [1.54, 1.807) is 0 Å². The first-order valence-corrected chi connectivity index (χ1v) is 3.79. The smallest absolute Gasteiger partial charge is 0.0696 e. The minimum Gasteiger partial charge on any atom is -0.389 e. The minimum atomic E-state index is -0.319. The standard InChI is InChI=1S/C8H16O/c1-6(2)8(9)5-4-7(8)3/h6-7,9H,4-5H2,1-3H3. The lowest BCUT2D eigenvalue weighted by Crippen LogP contribution is -2.49. The van der Waals surface area contributed by atoms with Crippen molar-refractivity contribution in [1.29, 1.82) is 0 Å². The molecule has 1 saturated carbocycles. The van der Waals surface area contributed by atoms with Crippen LogP contribution in [0, 0.1) is 11.8 Å². The average Bonchev–Trinajstić information content (AvgIpc) is 1.82. The summed E-state index contributed by atoms with van der Waals surface area (Å²) in [6, 6.07) is 0. The predicted molar refractivity (Wildman–Crippen MR) is 38.2 cm³/mol. The molecule has 0 saturated heterocycles. The third kappa shape index (κ3) is 0.877. The van der Waals surface area contributed by atoms with Gasteiger partial charge in [0.15, 0.2) is 0 Å². The summed E-state index contributed by atoms with van der Waals surface area (Å²) in [7, 11) is 0. The van der Waals surface area contributed by atoms with Crippen molar-refractivity contribution in [2.45, 2.75) is 39.2 Å². The molecule has 1 heteroatoms. The van der Waals surface area contributed by atoms with Crippen LogP contribution < -0.4 is 0 Å². The lowest BCUT2D eigenvalue weighted by molar-refractivity contribution is -0.121. The maximum Gasteiger partial charge on any atom is 0.0696 e. The van der Waals surface area contributed by atoms with Gasteiger partial charge in [-0.2, -0.15) is 0 Å². The van der Waals surface area contributed by atoms with E-state index in [1.807, 2.05) is 0 Å². The summed E-state index contributed by atoms with van der Waals surface area (Å²) in [5.41, 5.74) is -0.319. The Kier molecular flexibility index (Phi) is 1.55. The van der Waals surface area contributed by atoms with Crippen LogP contribution in [0.25, 0.3) is 0 Å². The van der Waals surface area contributed by atoms with Gasteiger partial charge < -0.3 is 5.11 Å². The van der Waals surface area contributed by atoms with Gasteiger partial charge in [0, 0.05) is 0 Å². The van der Waals surface area contributed by atoms with E-state index in [1.165, 1.54) is 6.42 Å². The van der Waals surface area contributed by atoms with Crippen LogP contribution in [0.4, 0.5) is 0 Å². The Morgan fingerprint density at radius 3 is 2.11 bits per heavy atom. The molecule has 1 aliphatic carbocycles. The fraction of sp³-hybridized carbons (Fsp3) is 1.00. The van der Waals surface area contributed by atoms with Crippen molar-refractivity contribution in [2.75, 3.05) is 0 Å². The van der Waals surface area contributed by atoms with Gasteiger partial charge in [-0.3, -0.25) is 0 Å². The highest BCUT2D eigenvalue weighted by Crippen LogP contribution is 2.43. The molecule has 0 spiro atoms. The molecule has 0 radical (unpaired) electrons. The van der Waals surface area contributed by atoms with Crippen molar-refractivity contribution in [1.82, 2.24) is 0 Å². The van der Waals surface area contributed by atoms with Crippen LogP contribution in [0.2, 0.25) is 0 Å². The highest BCUT2D eigenvalue weighted by atomic mass is 16.3. The Hall–Kier alpha value is -0.0400. The van der Waals surface area contributed by atoms with E-state index in [0.29, 0.717) is 11.8 Å². The normalized spacial score (nSPS) is 43.0. The molecule has 1 nitrogen and oxygen atoms in total. The molecule has 1 N–H and O–H groups in total. The van der Waals surface area contributed by atoms with Gasteiger partial charge in [0.2, 0.25) is 0 Å². The summed E-state index contributed by atoms with van der Waals surface area (Å²) < 4.78 is 0. The largest absolute Gasteiger partial charge is 0.389 e. The Balaban J connectivity index is 2.53. The van der Waals surface area contributed by atoms with Crippen molar-refractivity contribution >= 4 is 0 Å². The zero-order chi connectivity index (χ0) is 7.07. The number of hydrogen-bond acceptors (Lipinski definition) is 1. The molecule has 9 heavy (non-hydrogen) atoms. The second-order valence-corrected chi connectivity index (χ2v) is 3.59. The van der Waals surface area contributed by atoms with Crippen molar-refractivity contribution in [2.24, 2.45) is 11.8 Å². The molecule has 0 heterocycles.